The van der Waals surface area contributed by atoms with Gasteiger partial charge in [-0.25, -0.2) is 0 Å². The Balaban J connectivity index is 1.54. The lowest BCUT2D eigenvalue weighted by Gasteiger charge is -2.32. The summed E-state index contributed by atoms with van der Waals surface area (Å²) in [4.78, 5) is 28.1. The molecule has 2 amide bonds. The number of benzene rings is 1. The van der Waals surface area contributed by atoms with E-state index >= 15 is 0 Å². The van der Waals surface area contributed by atoms with Crippen LogP contribution in [0.4, 0.5) is 5.69 Å². The number of carbonyl (C=O) groups is 2. The second kappa shape index (κ2) is 11.9. The van der Waals surface area contributed by atoms with Crippen molar-refractivity contribution in [2.45, 2.75) is 38.1 Å². The summed E-state index contributed by atoms with van der Waals surface area (Å²) in [5, 5.41) is 5.64. The van der Waals surface area contributed by atoms with Gasteiger partial charge in [-0.1, -0.05) is 23.8 Å². The van der Waals surface area contributed by atoms with E-state index in [4.69, 9.17) is 4.74 Å². The van der Waals surface area contributed by atoms with Crippen LogP contribution in [0.5, 0.6) is 0 Å². The molecule has 3 N–H and O–H groups in total. The number of rotatable bonds is 8. The van der Waals surface area contributed by atoms with E-state index in [-0.39, 0.29) is 6.04 Å². The van der Waals surface area contributed by atoms with Gasteiger partial charge in [-0.3, -0.25) is 9.59 Å². The van der Waals surface area contributed by atoms with Gasteiger partial charge in [0.05, 0.1) is 19.8 Å². The fourth-order valence-corrected chi connectivity index (χ4v) is 4.31. The van der Waals surface area contributed by atoms with Crippen LogP contribution in [-0.4, -0.2) is 65.3 Å². The molecule has 1 atom stereocenters. The minimum atomic E-state index is -0.555. The Morgan fingerprint density at radius 1 is 1.06 bits per heavy atom. The molecule has 1 aliphatic heterocycles. The van der Waals surface area contributed by atoms with Crippen molar-refractivity contribution >= 4 is 17.5 Å². The van der Waals surface area contributed by atoms with Crippen molar-refractivity contribution in [1.29, 1.82) is 0 Å². The van der Waals surface area contributed by atoms with Crippen LogP contribution in [0.3, 0.4) is 0 Å². The summed E-state index contributed by atoms with van der Waals surface area (Å²) in [5.41, 5.74) is 3.69. The first-order chi connectivity index (χ1) is 15.0. The van der Waals surface area contributed by atoms with Crippen LogP contribution in [0.1, 0.15) is 43.7 Å². The first-order valence-electron chi connectivity index (χ1n) is 11.5. The highest BCUT2D eigenvalue weighted by Crippen LogP contribution is 2.19. The first kappa shape index (κ1) is 23.3. The molecule has 1 aromatic carbocycles. The highest BCUT2D eigenvalue weighted by molar-refractivity contribution is 6.35. The molecule has 2 aliphatic rings. The summed E-state index contributed by atoms with van der Waals surface area (Å²) < 4.78 is 5.51. The lowest BCUT2D eigenvalue weighted by Crippen LogP contribution is -3.15. The van der Waals surface area contributed by atoms with Gasteiger partial charge in [0, 0.05) is 31.9 Å². The molecule has 0 saturated carbocycles. The monoisotopic (exact) mass is 429 g/mol. The summed E-state index contributed by atoms with van der Waals surface area (Å²) in [6, 6.07) is 8.51. The first-order valence-corrected chi connectivity index (χ1v) is 11.5. The Morgan fingerprint density at radius 2 is 1.77 bits per heavy atom. The molecule has 170 valence electrons. The molecule has 1 aromatic rings. The number of allylic oxidation sites excluding steroid dienone is 1. The maximum Gasteiger partial charge on any atom is 0.309 e. The van der Waals surface area contributed by atoms with Crippen molar-refractivity contribution in [2.75, 3.05) is 58.4 Å². The van der Waals surface area contributed by atoms with Crippen LogP contribution >= 0.6 is 0 Å². The molecule has 0 aromatic heterocycles. The molecule has 1 fully saturated rings. The SMILES string of the molecule is CN(C)c1ccc([C@H](CNC(=O)C(=O)NCCC2=CCCCC2)[NH+]2CCOCC2)cc1. The molecule has 1 heterocycles. The number of ether oxygens (including phenoxy) is 1. The summed E-state index contributed by atoms with van der Waals surface area (Å²) in [6.45, 7) is 4.14. The van der Waals surface area contributed by atoms with Crippen molar-refractivity contribution in [2.24, 2.45) is 0 Å². The van der Waals surface area contributed by atoms with Gasteiger partial charge in [-0.15, -0.1) is 0 Å². The van der Waals surface area contributed by atoms with Crippen LogP contribution in [-0.2, 0) is 14.3 Å². The Hall–Kier alpha value is -2.38. The molecular formula is C24H37N4O3+. The van der Waals surface area contributed by atoms with E-state index < -0.39 is 11.8 Å². The normalized spacial score (nSPS) is 18.1. The predicted octanol–water partition coefficient (Wildman–Crippen LogP) is 0.832. The van der Waals surface area contributed by atoms with Gasteiger partial charge >= 0.3 is 11.8 Å². The third-order valence-corrected chi connectivity index (χ3v) is 6.23. The van der Waals surface area contributed by atoms with Gasteiger partial charge in [-0.2, -0.15) is 0 Å². The van der Waals surface area contributed by atoms with Gasteiger partial charge in [0.2, 0.25) is 0 Å². The quantitative estimate of drug-likeness (QED) is 0.423. The predicted molar refractivity (Wildman–Crippen MR) is 122 cm³/mol. The molecular weight excluding hydrogens is 392 g/mol. The van der Waals surface area contributed by atoms with E-state index in [0.717, 1.165) is 43.6 Å². The van der Waals surface area contributed by atoms with Crippen molar-refractivity contribution < 1.29 is 19.2 Å². The average molecular weight is 430 g/mol. The fourth-order valence-electron chi connectivity index (χ4n) is 4.31. The second-order valence-electron chi connectivity index (χ2n) is 8.63. The van der Waals surface area contributed by atoms with Gasteiger partial charge in [0.1, 0.15) is 19.1 Å². The number of hydrogen-bond acceptors (Lipinski definition) is 4. The van der Waals surface area contributed by atoms with Crippen molar-refractivity contribution in [3.8, 4) is 0 Å². The maximum atomic E-state index is 12.4. The molecule has 1 aliphatic carbocycles. The second-order valence-corrected chi connectivity index (χ2v) is 8.63. The van der Waals surface area contributed by atoms with Crippen LogP contribution < -0.4 is 20.4 Å². The molecule has 7 heteroatoms. The molecule has 0 unspecified atom stereocenters. The minimum absolute atomic E-state index is 0.0873. The number of hydrogen-bond donors (Lipinski definition) is 3. The largest absolute Gasteiger partial charge is 0.378 e. The van der Waals surface area contributed by atoms with E-state index in [1.54, 1.807) is 0 Å². The molecule has 1 saturated heterocycles. The highest BCUT2D eigenvalue weighted by atomic mass is 16.5. The number of morpholine rings is 1. The van der Waals surface area contributed by atoms with Crippen molar-refractivity contribution in [3.63, 3.8) is 0 Å². The van der Waals surface area contributed by atoms with Gasteiger partial charge in [-0.05, 0) is 44.2 Å². The minimum Gasteiger partial charge on any atom is -0.378 e. The van der Waals surface area contributed by atoms with E-state index in [0.29, 0.717) is 26.3 Å². The molecule has 7 nitrogen and oxygen atoms in total. The summed E-state index contributed by atoms with van der Waals surface area (Å²) >= 11 is 0. The summed E-state index contributed by atoms with van der Waals surface area (Å²) in [6.07, 6.45) is 7.82. The molecule has 31 heavy (non-hydrogen) atoms. The van der Waals surface area contributed by atoms with Crippen LogP contribution in [0.15, 0.2) is 35.9 Å². The smallest absolute Gasteiger partial charge is 0.309 e. The highest BCUT2D eigenvalue weighted by Gasteiger charge is 2.27. The van der Waals surface area contributed by atoms with Gasteiger partial charge in [0.15, 0.2) is 0 Å². The Bertz CT molecular complexity index is 755. The third-order valence-electron chi connectivity index (χ3n) is 6.23. The summed E-state index contributed by atoms with van der Waals surface area (Å²) in [5.74, 6) is -1.10. The number of quaternary nitrogens is 1. The number of anilines is 1. The number of nitrogens with one attached hydrogen (secondary N) is 3. The standard InChI is InChI=1S/C24H36N4O3/c1-27(2)21-10-8-20(9-11-21)22(28-14-16-31-17-15-28)18-26-24(30)23(29)25-13-12-19-6-4-3-5-7-19/h6,8-11,22H,3-5,7,12-18H2,1-2H3,(H,25,29)(H,26,30)/p+1/t22-/m0/s1. The lowest BCUT2D eigenvalue weighted by molar-refractivity contribution is -0.937. The number of nitrogens with zero attached hydrogens (tertiary/aromatic N) is 1. The van der Waals surface area contributed by atoms with Crippen LogP contribution in [0.25, 0.3) is 0 Å². The van der Waals surface area contributed by atoms with E-state index in [1.165, 1.54) is 23.3 Å². The van der Waals surface area contributed by atoms with E-state index in [2.05, 4.69) is 45.9 Å². The molecule has 0 bridgehead atoms. The Kier molecular flexibility index (Phi) is 8.91. The van der Waals surface area contributed by atoms with Crippen LogP contribution in [0.2, 0.25) is 0 Å². The van der Waals surface area contributed by atoms with Crippen LogP contribution in [0, 0.1) is 0 Å². The van der Waals surface area contributed by atoms with Crippen molar-refractivity contribution in [3.05, 3.63) is 41.5 Å². The summed E-state index contributed by atoms with van der Waals surface area (Å²) in [7, 11) is 4.03. The molecule has 3 rings (SSSR count). The fraction of sp³-hybridized carbons (Fsp3) is 0.583. The molecule has 0 radical (unpaired) electrons. The van der Waals surface area contributed by atoms with Gasteiger partial charge in [0.25, 0.3) is 0 Å². The zero-order valence-electron chi connectivity index (χ0n) is 18.9. The van der Waals surface area contributed by atoms with E-state index in [1.807, 2.05) is 14.1 Å². The van der Waals surface area contributed by atoms with Crippen molar-refractivity contribution in [1.82, 2.24) is 10.6 Å². The van der Waals surface area contributed by atoms with Gasteiger partial charge < -0.3 is 25.2 Å². The number of amides is 2. The zero-order chi connectivity index (χ0) is 22.1. The molecule has 0 spiro atoms. The Labute approximate surface area is 185 Å². The maximum absolute atomic E-state index is 12.4. The zero-order valence-corrected chi connectivity index (χ0v) is 18.9. The van der Waals surface area contributed by atoms with E-state index in [9.17, 15) is 9.59 Å². The topological polar surface area (TPSA) is 75.1 Å². The average Bonchev–Trinajstić information content (AvgIpc) is 2.80. The number of carbonyl (C=O) groups excluding carboxylic acids is 2. The lowest BCUT2D eigenvalue weighted by atomic mass is 9.97. The third kappa shape index (κ3) is 7.08. The Morgan fingerprint density at radius 3 is 2.42 bits per heavy atom.